The molecule has 1 aliphatic rings. The van der Waals surface area contributed by atoms with Gasteiger partial charge in [0.1, 0.15) is 0 Å². The molecule has 0 bridgehead atoms. The summed E-state index contributed by atoms with van der Waals surface area (Å²) in [4.78, 5) is 11.4. The van der Waals surface area contributed by atoms with E-state index in [1.165, 1.54) is 24.7 Å². The molecule has 100 valence electrons. The Labute approximate surface area is 114 Å². The number of aryl methyl sites for hydroxylation is 1. The zero-order valence-corrected chi connectivity index (χ0v) is 11.4. The maximum Gasteiger partial charge on any atom is 0.330 e. The highest BCUT2D eigenvalue weighted by Crippen LogP contribution is 2.20. The average molecular weight is 256 g/mol. The first kappa shape index (κ1) is 13.6. The van der Waals surface area contributed by atoms with Crippen LogP contribution in [-0.4, -0.2) is 13.1 Å². The molecule has 0 N–H and O–H groups in total. The van der Waals surface area contributed by atoms with Crippen molar-refractivity contribution < 1.29 is 9.53 Å². The van der Waals surface area contributed by atoms with Crippen LogP contribution in [0.4, 0.5) is 0 Å². The van der Waals surface area contributed by atoms with Gasteiger partial charge in [-0.15, -0.1) is 0 Å². The van der Waals surface area contributed by atoms with Gasteiger partial charge in [-0.25, -0.2) is 4.79 Å². The second kappa shape index (κ2) is 6.93. The summed E-state index contributed by atoms with van der Waals surface area (Å²) in [5.74, 6) is -0.266. The SMILES string of the molecule is COC(=O)/C=C1\C/C=C\CCCc2ccccc2C1. The van der Waals surface area contributed by atoms with Crippen LogP contribution in [0.5, 0.6) is 0 Å². The molecule has 2 heteroatoms. The maximum absolute atomic E-state index is 11.4. The molecule has 0 fully saturated rings. The minimum atomic E-state index is -0.266. The molecular weight excluding hydrogens is 236 g/mol. The highest BCUT2D eigenvalue weighted by atomic mass is 16.5. The van der Waals surface area contributed by atoms with Crippen LogP contribution in [0.1, 0.15) is 30.4 Å². The van der Waals surface area contributed by atoms with Gasteiger partial charge in [-0.1, -0.05) is 42.0 Å². The molecule has 1 aliphatic carbocycles. The number of methoxy groups -OCH3 is 1. The largest absolute Gasteiger partial charge is 0.466 e. The quantitative estimate of drug-likeness (QED) is 0.436. The van der Waals surface area contributed by atoms with Crippen LogP contribution in [0.3, 0.4) is 0 Å². The molecule has 0 heterocycles. The number of esters is 1. The van der Waals surface area contributed by atoms with Crippen molar-refractivity contribution in [1.29, 1.82) is 0 Å². The first-order valence-electron chi connectivity index (χ1n) is 6.79. The summed E-state index contributed by atoms with van der Waals surface area (Å²) < 4.78 is 4.73. The molecule has 19 heavy (non-hydrogen) atoms. The van der Waals surface area contributed by atoms with Crippen molar-refractivity contribution in [2.75, 3.05) is 7.11 Å². The zero-order chi connectivity index (χ0) is 13.5. The fraction of sp³-hybridized carbons (Fsp3) is 0.353. The normalized spacial score (nSPS) is 19.5. The summed E-state index contributed by atoms with van der Waals surface area (Å²) in [6.45, 7) is 0. The van der Waals surface area contributed by atoms with E-state index in [9.17, 15) is 4.79 Å². The number of hydrogen-bond donors (Lipinski definition) is 0. The first-order chi connectivity index (χ1) is 9.29. The van der Waals surface area contributed by atoms with E-state index in [0.29, 0.717) is 0 Å². The Morgan fingerprint density at radius 3 is 2.79 bits per heavy atom. The Balaban J connectivity index is 2.27. The van der Waals surface area contributed by atoms with E-state index in [1.807, 2.05) is 0 Å². The minimum Gasteiger partial charge on any atom is -0.466 e. The lowest BCUT2D eigenvalue weighted by molar-refractivity contribution is -0.134. The average Bonchev–Trinajstić information content (AvgIpc) is 2.44. The molecule has 0 saturated carbocycles. The van der Waals surface area contributed by atoms with E-state index in [0.717, 1.165) is 31.3 Å². The van der Waals surface area contributed by atoms with E-state index >= 15 is 0 Å². The van der Waals surface area contributed by atoms with Crippen LogP contribution in [0.2, 0.25) is 0 Å². The van der Waals surface area contributed by atoms with Crippen LogP contribution in [0, 0.1) is 0 Å². The lowest BCUT2D eigenvalue weighted by atomic mass is 9.93. The zero-order valence-electron chi connectivity index (χ0n) is 11.4. The molecule has 0 aromatic heterocycles. The van der Waals surface area contributed by atoms with Gasteiger partial charge < -0.3 is 4.74 Å². The topological polar surface area (TPSA) is 26.3 Å². The molecule has 2 rings (SSSR count). The summed E-state index contributed by atoms with van der Waals surface area (Å²) in [5.41, 5.74) is 3.83. The Morgan fingerprint density at radius 2 is 2.00 bits per heavy atom. The summed E-state index contributed by atoms with van der Waals surface area (Å²) in [7, 11) is 1.42. The van der Waals surface area contributed by atoms with Crippen molar-refractivity contribution >= 4 is 5.97 Å². The lowest BCUT2D eigenvalue weighted by Gasteiger charge is -2.12. The minimum absolute atomic E-state index is 0.266. The van der Waals surface area contributed by atoms with E-state index in [-0.39, 0.29) is 5.97 Å². The third-order valence-corrected chi connectivity index (χ3v) is 3.42. The van der Waals surface area contributed by atoms with Crippen molar-refractivity contribution in [2.24, 2.45) is 0 Å². The highest BCUT2D eigenvalue weighted by molar-refractivity contribution is 5.82. The molecule has 0 spiro atoms. The van der Waals surface area contributed by atoms with Crippen LogP contribution in [0.15, 0.2) is 48.1 Å². The summed E-state index contributed by atoms with van der Waals surface area (Å²) in [6, 6.07) is 8.50. The van der Waals surface area contributed by atoms with Gasteiger partial charge >= 0.3 is 5.97 Å². The van der Waals surface area contributed by atoms with Crippen LogP contribution in [0.25, 0.3) is 0 Å². The van der Waals surface area contributed by atoms with Crippen LogP contribution < -0.4 is 0 Å². The van der Waals surface area contributed by atoms with E-state index < -0.39 is 0 Å². The first-order valence-corrected chi connectivity index (χ1v) is 6.79. The molecule has 0 atom stereocenters. The van der Waals surface area contributed by atoms with Gasteiger partial charge in [-0.2, -0.15) is 0 Å². The van der Waals surface area contributed by atoms with Gasteiger partial charge in [-0.3, -0.25) is 0 Å². The van der Waals surface area contributed by atoms with Crippen molar-refractivity contribution in [2.45, 2.75) is 32.1 Å². The van der Waals surface area contributed by atoms with E-state index in [4.69, 9.17) is 4.74 Å². The Bertz CT molecular complexity index is 498. The molecule has 0 radical (unpaired) electrons. The van der Waals surface area contributed by atoms with Crippen molar-refractivity contribution in [3.63, 3.8) is 0 Å². The van der Waals surface area contributed by atoms with Gasteiger partial charge in [0.05, 0.1) is 7.11 Å². The highest BCUT2D eigenvalue weighted by Gasteiger charge is 2.07. The third-order valence-electron chi connectivity index (χ3n) is 3.42. The predicted molar refractivity (Wildman–Crippen MR) is 76.9 cm³/mol. The Kier molecular flexibility index (Phi) is 4.96. The molecule has 1 aromatic carbocycles. The fourth-order valence-electron chi connectivity index (χ4n) is 2.39. The van der Waals surface area contributed by atoms with Gasteiger partial charge in [0.25, 0.3) is 0 Å². The second-order valence-electron chi connectivity index (χ2n) is 4.84. The number of benzene rings is 1. The molecular formula is C17H20O2. The summed E-state index contributed by atoms with van der Waals surface area (Å²) in [5, 5.41) is 0. The number of carbonyl (C=O) groups is 1. The Morgan fingerprint density at radius 1 is 1.21 bits per heavy atom. The van der Waals surface area contributed by atoms with Gasteiger partial charge in [0.2, 0.25) is 0 Å². The number of rotatable bonds is 1. The lowest BCUT2D eigenvalue weighted by Crippen LogP contribution is -2.02. The number of hydrogen-bond acceptors (Lipinski definition) is 2. The van der Waals surface area contributed by atoms with Crippen LogP contribution >= 0.6 is 0 Å². The monoisotopic (exact) mass is 256 g/mol. The smallest absolute Gasteiger partial charge is 0.330 e. The fourth-order valence-corrected chi connectivity index (χ4v) is 2.39. The summed E-state index contributed by atoms with van der Waals surface area (Å²) in [6.07, 6.45) is 11.0. The number of fused-ring (bicyclic) bond motifs is 1. The molecule has 0 unspecified atom stereocenters. The number of allylic oxidation sites excluding steroid dienone is 3. The van der Waals surface area contributed by atoms with E-state index in [1.54, 1.807) is 6.08 Å². The maximum atomic E-state index is 11.4. The molecule has 0 amide bonds. The number of ether oxygens (including phenoxy) is 1. The van der Waals surface area contributed by atoms with Gasteiger partial charge in [0, 0.05) is 6.08 Å². The predicted octanol–water partition coefficient (Wildman–Crippen LogP) is 3.61. The molecule has 2 nitrogen and oxygen atoms in total. The van der Waals surface area contributed by atoms with Crippen molar-refractivity contribution in [3.05, 3.63) is 59.2 Å². The van der Waals surface area contributed by atoms with Crippen LogP contribution in [-0.2, 0) is 22.4 Å². The molecule has 0 saturated heterocycles. The van der Waals surface area contributed by atoms with E-state index in [2.05, 4.69) is 36.4 Å². The Hall–Kier alpha value is -1.83. The molecule has 0 aliphatic heterocycles. The number of carbonyl (C=O) groups excluding carboxylic acids is 1. The van der Waals surface area contributed by atoms with Crippen molar-refractivity contribution in [3.8, 4) is 0 Å². The van der Waals surface area contributed by atoms with Gasteiger partial charge in [-0.05, 0) is 43.2 Å². The summed E-state index contributed by atoms with van der Waals surface area (Å²) >= 11 is 0. The van der Waals surface area contributed by atoms with Gasteiger partial charge in [0.15, 0.2) is 0 Å². The molecule has 1 aromatic rings. The third kappa shape index (κ3) is 4.09. The standard InChI is InChI=1S/C17H20O2/c1-19-17(18)13-14-8-4-2-3-5-9-15-10-6-7-11-16(15)12-14/h2,4,6-7,10-11,13H,3,5,8-9,12H2,1H3/b4-2-,14-13+. The van der Waals surface area contributed by atoms with Crippen molar-refractivity contribution in [1.82, 2.24) is 0 Å². The second-order valence-corrected chi connectivity index (χ2v) is 4.84.